The smallest absolute Gasteiger partial charge is 0.339 e. The van der Waals surface area contributed by atoms with Crippen LogP contribution in [0.25, 0.3) is 5.57 Å². The molecule has 0 unspecified atom stereocenters. The largest absolute Gasteiger partial charge is 0.506 e. The molecule has 0 radical (unpaired) electrons. The lowest BCUT2D eigenvalue weighted by atomic mass is 9.78. The zero-order chi connectivity index (χ0) is 19.1. The van der Waals surface area contributed by atoms with Gasteiger partial charge in [-0.1, -0.05) is 31.4 Å². The van der Waals surface area contributed by atoms with Gasteiger partial charge in [-0.3, -0.25) is 0 Å². The molecule has 0 amide bonds. The Bertz CT molecular complexity index is 812. The van der Waals surface area contributed by atoms with Gasteiger partial charge in [-0.25, -0.2) is 4.79 Å². The fraction of sp³-hybridized carbons (Fsp3) is 0.500. The van der Waals surface area contributed by atoms with E-state index in [4.69, 9.17) is 4.74 Å². The molecule has 1 aromatic rings. The van der Waals surface area contributed by atoms with Gasteiger partial charge < -0.3 is 14.9 Å². The second kappa shape index (κ2) is 6.82. The third kappa shape index (κ3) is 3.13. The van der Waals surface area contributed by atoms with Gasteiger partial charge in [0.05, 0.1) is 5.56 Å². The van der Waals surface area contributed by atoms with Gasteiger partial charge >= 0.3 is 5.97 Å². The van der Waals surface area contributed by atoms with Crippen LogP contribution in [0.5, 0.6) is 11.5 Å². The van der Waals surface area contributed by atoms with E-state index in [1.165, 1.54) is 5.57 Å². The van der Waals surface area contributed by atoms with Crippen LogP contribution < -0.4 is 4.74 Å². The number of carbonyl (C=O) groups is 1. The zero-order valence-electron chi connectivity index (χ0n) is 16.1. The average molecular weight is 356 g/mol. The van der Waals surface area contributed by atoms with Crippen LogP contribution in [0.3, 0.4) is 0 Å². The number of unbranched alkanes of at least 4 members (excludes halogenated alkanes) is 2. The number of aromatic carboxylic acids is 1. The van der Waals surface area contributed by atoms with Crippen LogP contribution in [0, 0.1) is 0 Å². The highest BCUT2D eigenvalue weighted by Gasteiger charge is 2.38. The molecule has 0 saturated carbocycles. The Balaban J connectivity index is 2.21. The van der Waals surface area contributed by atoms with Crippen LogP contribution in [0.1, 0.15) is 81.3 Å². The predicted molar refractivity (Wildman–Crippen MR) is 103 cm³/mol. The minimum absolute atomic E-state index is 0.0200. The highest BCUT2D eigenvalue weighted by atomic mass is 16.5. The first-order valence-electron chi connectivity index (χ1n) is 9.48. The van der Waals surface area contributed by atoms with Gasteiger partial charge in [-0.15, -0.1) is 0 Å². The third-order valence-electron chi connectivity index (χ3n) is 5.46. The number of phenols is 1. The molecule has 2 N–H and O–H groups in total. The van der Waals surface area contributed by atoms with Crippen molar-refractivity contribution in [1.82, 2.24) is 0 Å². The van der Waals surface area contributed by atoms with Crippen LogP contribution in [0.4, 0.5) is 0 Å². The maximum Gasteiger partial charge on any atom is 0.339 e. The summed E-state index contributed by atoms with van der Waals surface area (Å²) < 4.78 is 6.25. The molecule has 1 aromatic carbocycles. The quantitative estimate of drug-likeness (QED) is 0.685. The molecular formula is C22H28O4. The number of hydrogen-bond donors (Lipinski definition) is 2. The number of benzene rings is 1. The van der Waals surface area contributed by atoms with Crippen molar-refractivity contribution in [3.63, 3.8) is 0 Å². The van der Waals surface area contributed by atoms with Crippen molar-refractivity contribution >= 4 is 11.5 Å². The lowest BCUT2D eigenvalue weighted by molar-refractivity contribution is 0.0692. The first kappa shape index (κ1) is 18.6. The van der Waals surface area contributed by atoms with Crippen LogP contribution in [0.15, 0.2) is 23.3 Å². The van der Waals surface area contributed by atoms with Crippen LogP contribution in [0.2, 0.25) is 0 Å². The number of carboxylic acids is 1. The van der Waals surface area contributed by atoms with Crippen molar-refractivity contribution in [2.24, 2.45) is 0 Å². The predicted octanol–water partition coefficient (Wildman–Crippen LogP) is 5.49. The van der Waals surface area contributed by atoms with Gasteiger partial charge in [-0.2, -0.15) is 0 Å². The molecule has 1 aliphatic heterocycles. The number of rotatable bonds is 5. The standard InChI is InChI=1S/C22H28O4/c1-5-6-7-8-14-12-17-19(20(23)18(14)21(24)25)15-11-13(2)9-10-16(15)22(3,4)26-17/h11-12,23H,5-10H2,1-4H3,(H,24,25). The van der Waals surface area contributed by atoms with E-state index in [2.05, 4.69) is 19.9 Å². The molecule has 0 bridgehead atoms. The van der Waals surface area contributed by atoms with E-state index >= 15 is 0 Å². The minimum Gasteiger partial charge on any atom is -0.506 e. The van der Waals surface area contributed by atoms with Crippen molar-refractivity contribution in [3.05, 3.63) is 40.0 Å². The van der Waals surface area contributed by atoms with Gasteiger partial charge in [0.2, 0.25) is 0 Å². The fourth-order valence-corrected chi connectivity index (χ4v) is 4.09. The number of carboxylic acid groups (broad SMARTS) is 1. The number of ether oxygens (including phenoxy) is 1. The first-order valence-corrected chi connectivity index (χ1v) is 9.48. The third-order valence-corrected chi connectivity index (χ3v) is 5.46. The summed E-state index contributed by atoms with van der Waals surface area (Å²) in [4.78, 5) is 11.9. The number of aryl methyl sites for hydroxylation is 1. The van der Waals surface area contributed by atoms with Crippen LogP contribution >= 0.6 is 0 Å². The summed E-state index contributed by atoms with van der Waals surface area (Å²) in [6, 6.07) is 1.83. The second-order valence-electron chi connectivity index (χ2n) is 7.89. The molecule has 3 rings (SSSR count). The Morgan fingerprint density at radius 3 is 2.65 bits per heavy atom. The number of aromatic hydroxyl groups is 1. The zero-order valence-corrected chi connectivity index (χ0v) is 16.1. The van der Waals surface area contributed by atoms with E-state index in [1.807, 2.05) is 19.9 Å². The molecule has 26 heavy (non-hydrogen) atoms. The van der Waals surface area contributed by atoms with E-state index in [-0.39, 0.29) is 11.3 Å². The molecule has 1 aliphatic carbocycles. The lowest BCUT2D eigenvalue weighted by Crippen LogP contribution is -2.35. The molecule has 0 atom stereocenters. The molecule has 1 heterocycles. The normalized spacial score (nSPS) is 17.9. The molecule has 4 nitrogen and oxygen atoms in total. The molecule has 4 heteroatoms. The molecular weight excluding hydrogens is 328 g/mol. The van der Waals surface area contributed by atoms with Gasteiger partial charge in [0.15, 0.2) is 0 Å². The van der Waals surface area contributed by atoms with Gasteiger partial charge in [-0.05, 0) is 69.2 Å². The van der Waals surface area contributed by atoms with E-state index < -0.39 is 11.6 Å². The van der Waals surface area contributed by atoms with Crippen molar-refractivity contribution in [1.29, 1.82) is 0 Å². The summed E-state index contributed by atoms with van der Waals surface area (Å²) in [7, 11) is 0. The first-order chi connectivity index (χ1) is 12.3. The minimum atomic E-state index is -1.08. The Hall–Kier alpha value is -2.23. The monoisotopic (exact) mass is 356 g/mol. The number of allylic oxidation sites excluding steroid dienone is 3. The maximum atomic E-state index is 11.9. The van der Waals surface area contributed by atoms with E-state index in [0.29, 0.717) is 23.3 Å². The van der Waals surface area contributed by atoms with Gasteiger partial charge in [0, 0.05) is 0 Å². The summed E-state index contributed by atoms with van der Waals surface area (Å²) in [5.41, 5.74) is 4.04. The Kier molecular flexibility index (Phi) is 4.87. The molecule has 0 spiro atoms. The maximum absolute atomic E-state index is 11.9. The second-order valence-corrected chi connectivity index (χ2v) is 7.89. The number of hydrogen-bond acceptors (Lipinski definition) is 3. The highest BCUT2D eigenvalue weighted by molar-refractivity contribution is 5.98. The SMILES string of the molecule is CCCCCc1cc2c(c(O)c1C(=O)O)C1=C(CCC(C)=C1)C(C)(C)O2. The molecule has 0 aromatic heterocycles. The fourth-order valence-electron chi connectivity index (χ4n) is 4.09. The van der Waals surface area contributed by atoms with Gasteiger partial charge in [0.1, 0.15) is 22.7 Å². The Morgan fingerprint density at radius 1 is 1.27 bits per heavy atom. The molecule has 140 valence electrons. The Morgan fingerprint density at radius 2 is 2.00 bits per heavy atom. The molecule has 2 aliphatic rings. The molecule has 0 fully saturated rings. The topological polar surface area (TPSA) is 66.8 Å². The van der Waals surface area contributed by atoms with Crippen LogP contribution in [-0.2, 0) is 6.42 Å². The van der Waals surface area contributed by atoms with E-state index in [9.17, 15) is 15.0 Å². The van der Waals surface area contributed by atoms with Crippen LogP contribution in [-0.4, -0.2) is 21.8 Å². The van der Waals surface area contributed by atoms with Crippen molar-refractivity contribution in [2.45, 2.75) is 71.8 Å². The van der Waals surface area contributed by atoms with Gasteiger partial charge in [0.25, 0.3) is 0 Å². The number of fused-ring (bicyclic) bond motifs is 2. The summed E-state index contributed by atoms with van der Waals surface area (Å²) >= 11 is 0. The Labute approximate surface area is 155 Å². The summed E-state index contributed by atoms with van der Waals surface area (Å²) in [5, 5.41) is 20.6. The highest BCUT2D eigenvalue weighted by Crippen LogP contribution is 2.50. The molecule has 0 saturated heterocycles. The summed E-state index contributed by atoms with van der Waals surface area (Å²) in [6.07, 6.45) is 7.51. The summed E-state index contributed by atoms with van der Waals surface area (Å²) in [6.45, 7) is 8.26. The average Bonchev–Trinajstić information content (AvgIpc) is 2.53. The van der Waals surface area contributed by atoms with Crippen molar-refractivity contribution in [2.75, 3.05) is 0 Å². The van der Waals surface area contributed by atoms with E-state index in [1.54, 1.807) is 0 Å². The summed E-state index contributed by atoms with van der Waals surface area (Å²) in [5.74, 6) is -0.649. The van der Waals surface area contributed by atoms with Crippen molar-refractivity contribution < 1.29 is 19.7 Å². The lowest BCUT2D eigenvalue weighted by Gasteiger charge is -2.39. The van der Waals surface area contributed by atoms with E-state index in [0.717, 1.165) is 43.3 Å². The van der Waals surface area contributed by atoms with Crippen molar-refractivity contribution in [3.8, 4) is 11.5 Å².